The fourth-order valence-corrected chi connectivity index (χ4v) is 3.28. The van der Waals surface area contributed by atoms with E-state index in [4.69, 9.17) is 0 Å². The van der Waals surface area contributed by atoms with Gasteiger partial charge >= 0.3 is 73.1 Å². The summed E-state index contributed by atoms with van der Waals surface area (Å²) in [5, 5.41) is 0. The van der Waals surface area contributed by atoms with Crippen molar-refractivity contribution in [2.24, 2.45) is 0 Å². The molecule has 0 N–H and O–H groups in total. The Morgan fingerprint density at radius 1 is 1.27 bits per heavy atom. The van der Waals surface area contributed by atoms with Gasteiger partial charge in [0.2, 0.25) is 0 Å². The third-order valence-electron chi connectivity index (χ3n) is 1.78. The first kappa shape index (κ1) is 7.15. The van der Waals surface area contributed by atoms with Gasteiger partial charge in [-0.2, -0.15) is 0 Å². The van der Waals surface area contributed by atoms with E-state index >= 15 is 0 Å². The minimum absolute atomic E-state index is 0.658. The summed E-state index contributed by atoms with van der Waals surface area (Å²) in [5.74, 6) is 0. The van der Waals surface area contributed by atoms with Crippen LogP contribution in [0.1, 0.15) is 12.5 Å². The average Bonchev–Trinajstić information content (AvgIpc) is 2.04. The Kier molecular flexibility index (Phi) is 1.85. The zero-order chi connectivity index (χ0) is 7.68. The molecular formula is C10H10Se. The van der Waals surface area contributed by atoms with Crippen LogP contribution in [0.4, 0.5) is 0 Å². The van der Waals surface area contributed by atoms with Crippen LogP contribution in [0.5, 0.6) is 0 Å². The fraction of sp³-hybridized carbons (Fsp3) is 0.200. The zero-order valence-corrected chi connectivity index (χ0v) is 8.16. The summed E-state index contributed by atoms with van der Waals surface area (Å²) in [6.07, 6.45) is 4.55. The van der Waals surface area contributed by atoms with E-state index in [0.717, 1.165) is 4.82 Å². The third-order valence-corrected chi connectivity index (χ3v) is 4.20. The van der Waals surface area contributed by atoms with E-state index in [2.05, 4.69) is 43.3 Å². The molecular weight excluding hydrogens is 199 g/mol. The third kappa shape index (κ3) is 1.40. The van der Waals surface area contributed by atoms with E-state index in [1.807, 2.05) is 0 Å². The van der Waals surface area contributed by atoms with Crippen molar-refractivity contribution in [3.63, 3.8) is 0 Å². The second-order valence-electron chi connectivity index (χ2n) is 2.72. The predicted molar refractivity (Wildman–Crippen MR) is 50.3 cm³/mol. The van der Waals surface area contributed by atoms with Crippen LogP contribution in [0.3, 0.4) is 0 Å². The van der Waals surface area contributed by atoms with Crippen LogP contribution in [-0.2, 0) is 0 Å². The molecule has 0 amide bonds. The van der Waals surface area contributed by atoms with Gasteiger partial charge in [0, 0.05) is 0 Å². The van der Waals surface area contributed by atoms with Crippen LogP contribution < -0.4 is 4.46 Å². The number of fused-ring (bicyclic) bond motifs is 1. The molecule has 1 heteroatoms. The zero-order valence-electron chi connectivity index (χ0n) is 6.45. The molecule has 1 heterocycles. The molecule has 1 aromatic carbocycles. The van der Waals surface area contributed by atoms with Gasteiger partial charge in [-0.1, -0.05) is 0 Å². The van der Waals surface area contributed by atoms with Crippen LogP contribution in [-0.4, -0.2) is 15.0 Å². The van der Waals surface area contributed by atoms with Crippen molar-refractivity contribution < 1.29 is 0 Å². The molecule has 0 aromatic heterocycles. The normalized spacial score (nSPS) is 21.4. The molecule has 56 valence electrons. The molecule has 0 saturated heterocycles. The predicted octanol–water partition coefficient (Wildman–Crippen LogP) is 1.85. The van der Waals surface area contributed by atoms with Gasteiger partial charge in [-0.05, 0) is 0 Å². The number of allylic oxidation sites excluding steroid dienone is 1. The molecule has 1 aliphatic rings. The molecule has 0 saturated carbocycles. The van der Waals surface area contributed by atoms with Crippen molar-refractivity contribution in [2.45, 2.75) is 11.7 Å². The fourth-order valence-electron chi connectivity index (χ4n) is 1.20. The van der Waals surface area contributed by atoms with E-state index in [9.17, 15) is 0 Å². The minimum atomic E-state index is 0.658. The number of hydrogen-bond acceptors (Lipinski definition) is 0. The molecule has 0 radical (unpaired) electrons. The summed E-state index contributed by atoms with van der Waals surface area (Å²) in [4.78, 5) is 0.775. The molecule has 1 aromatic rings. The standard InChI is InChI=1S/C10H10Se/c1-8-6-7-9-4-2-3-5-10(9)11-8/h2-8H,1H3. The Labute approximate surface area is 73.5 Å². The van der Waals surface area contributed by atoms with Crippen LogP contribution in [0.2, 0.25) is 4.82 Å². The maximum absolute atomic E-state index is 2.31. The summed E-state index contributed by atoms with van der Waals surface area (Å²) < 4.78 is 1.55. The molecule has 0 fully saturated rings. The number of rotatable bonds is 0. The van der Waals surface area contributed by atoms with Crippen molar-refractivity contribution in [3.05, 3.63) is 35.9 Å². The van der Waals surface area contributed by atoms with E-state index in [-0.39, 0.29) is 0 Å². The molecule has 0 aliphatic carbocycles. The second kappa shape index (κ2) is 2.84. The summed E-state index contributed by atoms with van der Waals surface area (Å²) >= 11 is 0.658. The Hall–Kier alpha value is -0.521. The molecule has 11 heavy (non-hydrogen) atoms. The topological polar surface area (TPSA) is 0 Å². The van der Waals surface area contributed by atoms with Gasteiger partial charge in [0.05, 0.1) is 0 Å². The Morgan fingerprint density at radius 3 is 3.00 bits per heavy atom. The molecule has 1 aliphatic heterocycles. The molecule has 0 bridgehead atoms. The van der Waals surface area contributed by atoms with E-state index in [1.54, 1.807) is 4.46 Å². The van der Waals surface area contributed by atoms with Gasteiger partial charge in [-0.25, -0.2) is 0 Å². The summed E-state index contributed by atoms with van der Waals surface area (Å²) in [5.41, 5.74) is 1.42. The first-order valence-corrected chi connectivity index (χ1v) is 5.65. The van der Waals surface area contributed by atoms with Gasteiger partial charge in [-0.15, -0.1) is 0 Å². The monoisotopic (exact) mass is 210 g/mol. The second-order valence-corrected chi connectivity index (χ2v) is 5.70. The molecule has 2 rings (SSSR count). The molecule has 1 unspecified atom stereocenters. The van der Waals surface area contributed by atoms with Crippen molar-refractivity contribution in [2.75, 3.05) is 0 Å². The van der Waals surface area contributed by atoms with Crippen LogP contribution in [0.15, 0.2) is 30.3 Å². The van der Waals surface area contributed by atoms with Crippen molar-refractivity contribution in [3.8, 4) is 0 Å². The quantitative estimate of drug-likeness (QED) is 0.572. The van der Waals surface area contributed by atoms with Crippen molar-refractivity contribution in [1.82, 2.24) is 0 Å². The Morgan fingerprint density at radius 2 is 2.09 bits per heavy atom. The molecule has 0 nitrogen and oxygen atoms in total. The maximum atomic E-state index is 2.31. The Bertz CT molecular complexity index is 289. The van der Waals surface area contributed by atoms with Gasteiger partial charge < -0.3 is 0 Å². The van der Waals surface area contributed by atoms with Gasteiger partial charge in [-0.3, -0.25) is 0 Å². The van der Waals surface area contributed by atoms with Crippen LogP contribution >= 0.6 is 0 Å². The first-order chi connectivity index (χ1) is 5.36. The molecule has 0 spiro atoms. The van der Waals surface area contributed by atoms with E-state index in [0.29, 0.717) is 15.0 Å². The van der Waals surface area contributed by atoms with Crippen LogP contribution in [0, 0.1) is 0 Å². The number of hydrogen-bond donors (Lipinski definition) is 0. The van der Waals surface area contributed by atoms with Crippen LogP contribution in [0.25, 0.3) is 6.08 Å². The Balaban J connectivity index is 2.46. The summed E-state index contributed by atoms with van der Waals surface area (Å²) in [6, 6.07) is 8.68. The van der Waals surface area contributed by atoms with E-state index in [1.165, 1.54) is 5.56 Å². The average molecular weight is 209 g/mol. The van der Waals surface area contributed by atoms with Gasteiger partial charge in [0.1, 0.15) is 0 Å². The van der Waals surface area contributed by atoms with Crippen molar-refractivity contribution >= 4 is 25.5 Å². The number of benzene rings is 1. The summed E-state index contributed by atoms with van der Waals surface area (Å²) in [7, 11) is 0. The first-order valence-electron chi connectivity index (χ1n) is 3.80. The van der Waals surface area contributed by atoms with Crippen molar-refractivity contribution in [1.29, 1.82) is 0 Å². The summed E-state index contributed by atoms with van der Waals surface area (Å²) in [6.45, 7) is 2.28. The van der Waals surface area contributed by atoms with Gasteiger partial charge in [0.15, 0.2) is 0 Å². The SMILES string of the molecule is CC1C=Cc2ccccc2[Se]1. The van der Waals surface area contributed by atoms with Gasteiger partial charge in [0.25, 0.3) is 0 Å². The molecule has 1 atom stereocenters. The van der Waals surface area contributed by atoms with E-state index < -0.39 is 0 Å².